The van der Waals surface area contributed by atoms with Gasteiger partial charge in [-0.3, -0.25) is 4.79 Å². The van der Waals surface area contributed by atoms with Crippen LogP contribution in [0.15, 0.2) is 42.5 Å². The topological polar surface area (TPSA) is 55.1 Å². The largest absolute Gasteiger partial charge is 0.326 e. The number of nitrogens with two attached hydrogens (primary N) is 1. The molecule has 2 aromatic carbocycles. The third kappa shape index (κ3) is 2.98. The lowest BCUT2D eigenvalue weighted by Crippen LogP contribution is -2.14. The van der Waals surface area contributed by atoms with Gasteiger partial charge in [-0.1, -0.05) is 24.3 Å². The number of aryl methyl sites for hydroxylation is 1. The van der Waals surface area contributed by atoms with E-state index in [0.29, 0.717) is 17.8 Å². The third-order valence-corrected chi connectivity index (χ3v) is 2.86. The third-order valence-electron chi connectivity index (χ3n) is 2.86. The lowest BCUT2D eigenvalue weighted by Gasteiger charge is -2.08. The van der Waals surface area contributed by atoms with Crippen LogP contribution in [0.1, 0.15) is 21.5 Å². The molecule has 0 aliphatic carbocycles. The Balaban J connectivity index is 2.23. The minimum absolute atomic E-state index is 0.0400. The first kappa shape index (κ1) is 13.2. The minimum atomic E-state index is -0.491. The molecule has 3 nitrogen and oxygen atoms in total. The van der Waals surface area contributed by atoms with Gasteiger partial charge < -0.3 is 11.1 Å². The van der Waals surface area contributed by atoms with Crippen molar-refractivity contribution in [3.05, 3.63) is 65.0 Å². The zero-order valence-electron chi connectivity index (χ0n) is 10.6. The van der Waals surface area contributed by atoms with Crippen LogP contribution in [0.3, 0.4) is 0 Å². The number of hydrogen-bond donors (Lipinski definition) is 2. The summed E-state index contributed by atoms with van der Waals surface area (Å²) in [5.74, 6) is -0.953. The molecular formula is C15H15FN2O. The molecule has 1 amide bonds. The van der Waals surface area contributed by atoms with Crippen LogP contribution < -0.4 is 11.1 Å². The Morgan fingerprint density at radius 3 is 2.74 bits per heavy atom. The van der Waals surface area contributed by atoms with Crippen LogP contribution in [0.25, 0.3) is 0 Å². The molecule has 0 aromatic heterocycles. The van der Waals surface area contributed by atoms with Crippen LogP contribution in [-0.4, -0.2) is 5.91 Å². The summed E-state index contributed by atoms with van der Waals surface area (Å²) in [5.41, 5.74) is 7.53. The molecule has 98 valence electrons. The number of carbonyl (C=O) groups is 1. The van der Waals surface area contributed by atoms with Crippen LogP contribution in [0.5, 0.6) is 0 Å². The Hall–Kier alpha value is -2.20. The standard InChI is InChI=1S/C15H15FN2O/c1-10-4-2-7-13(14(10)16)15(19)18-12-6-3-5-11(8-12)9-17/h2-8H,9,17H2,1H3,(H,18,19). The molecule has 2 aromatic rings. The first-order valence-corrected chi connectivity index (χ1v) is 5.97. The maximum Gasteiger partial charge on any atom is 0.258 e. The Kier molecular flexibility index (Phi) is 3.92. The number of amides is 1. The number of benzene rings is 2. The average molecular weight is 258 g/mol. The number of hydrogen-bond acceptors (Lipinski definition) is 2. The predicted molar refractivity (Wildman–Crippen MR) is 73.4 cm³/mol. The van der Waals surface area contributed by atoms with Crippen molar-refractivity contribution in [3.63, 3.8) is 0 Å². The van der Waals surface area contributed by atoms with Gasteiger partial charge >= 0.3 is 0 Å². The SMILES string of the molecule is Cc1cccc(C(=O)Nc2cccc(CN)c2)c1F. The van der Waals surface area contributed by atoms with E-state index in [2.05, 4.69) is 5.32 Å². The lowest BCUT2D eigenvalue weighted by molar-refractivity contribution is 0.102. The van der Waals surface area contributed by atoms with E-state index in [1.54, 1.807) is 37.3 Å². The van der Waals surface area contributed by atoms with E-state index in [1.165, 1.54) is 6.07 Å². The summed E-state index contributed by atoms with van der Waals surface area (Å²) in [6.45, 7) is 2.02. The van der Waals surface area contributed by atoms with Gasteiger partial charge in [0.1, 0.15) is 5.82 Å². The number of nitrogens with one attached hydrogen (secondary N) is 1. The van der Waals surface area contributed by atoms with E-state index in [-0.39, 0.29) is 5.56 Å². The first-order chi connectivity index (χ1) is 9.11. The smallest absolute Gasteiger partial charge is 0.258 e. The molecule has 0 saturated heterocycles. The van der Waals surface area contributed by atoms with E-state index in [1.807, 2.05) is 6.07 Å². The summed E-state index contributed by atoms with van der Waals surface area (Å²) >= 11 is 0. The molecule has 19 heavy (non-hydrogen) atoms. The molecular weight excluding hydrogens is 243 g/mol. The molecule has 0 bridgehead atoms. The molecule has 0 spiro atoms. The summed E-state index contributed by atoms with van der Waals surface area (Å²) < 4.78 is 13.8. The van der Waals surface area contributed by atoms with Crippen molar-refractivity contribution in [2.75, 3.05) is 5.32 Å². The summed E-state index contributed by atoms with van der Waals surface area (Å²) in [6.07, 6.45) is 0. The fraction of sp³-hybridized carbons (Fsp3) is 0.133. The predicted octanol–water partition coefficient (Wildman–Crippen LogP) is 2.85. The van der Waals surface area contributed by atoms with Crippen LogP contribution in [-0.2, 0) is 6.54 Å². The number of halogens is 1. The molecule has 0 aliphatic rings. The van der Waals surface area contributed by atoms with Gasteiger partial charge in [0.2, 0.25) is 0 Å². The molecule has 0 aliphatic heterocycles. The normalized spacial score (nSPS) is 10.3. The Bertz CT molecular complexity index is 611. The second-order valence-electron chi connectivity index (χ2n) is 4.30. The van der Waals surface area contributed by atoms with E-state index in [4.69, 9.17) is 5.73 Å². The molecule has 0 heterocycles. The zero-order chi connectivity index (χ0) is 13.8. The minimum Gasteiger partial charge on any atom is -0.326 e. The molecule has 0 atom stereocenters. The van der Waals surface area contributed by atoms with Gasteiger partial charge in [-0.25, -0.2) is 4.39 Å². The maximum atomic E-state index is 13.8. The Morgan fingerprint density at radius 1 is 1.26 bits per heavy atom. The van der Waals surface area contributed by atoms with Crippen LogP contribution >= 0.6 is 0 Å². The van der Waals surface area contributed by atoms with Gasteiger partial charge in [0.25, 0.3) is 5.91 Å². The van der Waals surface area contributed by atoms with Gasteiger partial charge in [-0.2, -0.15) is 0 Å². The van der Waals surface area contributed by atoms with Crippen LogP contribution in [0, 0.1) is 12.7 Å². The molecule has 0 saturated carbocycles. The van der Waals surface area contributed by atoms with Crippen molar-refractivity contribution in [1.82, 2.24) is 0 Å². The highest BCUT2D eigenvalue weighted by molar-refractivity contribution is 6.04. The van der Waals surface area contributed by atoms with Gasteiger partial charge in [0.05, 0.1) is 5.56 Å². The van der Waals surface area contributed by atoms with Crippen molar-refractivity contribution in [1.29, 1.82) is 0 Å². The second-order valence-corrected chi connectivity index (χ2v) is 4.30. The molecule has 0 radical (unpaired) electrons. The quantitative estimate of drug-likeness (QED) is 0.889. The molecule has 4 heteroatoms. The van der Waals surface area contributed by atoms with Gasteiger partial charge in [-0.05, 0) is 36.2 Å². The Labute approximate surface area is 111 Å². The maximum absolute atomic E-state index is 13.8. The highest BCUT2D eigenvalue weighted by Gasteiger charge is 2.13. The summed E-state index contributed by atoms with van der Waals surface area (Å²) in [5, 5.41) is 2.67. The molecule has 0 fully saturated rings. The highest BCUT2D eigenvalue weighted by Crippen LogP contribution is 2.15. The van der Waals surface area contributed by atoms with Crippen LogP contribution in [0.2, 0.25) is 0 Å². The molecule has 3 N–H and O–H groups in total. The monoisotopic (exact) mass is 258 g/mol. The summed E-state index contributed by atoms with van der Waals surface area (Å²) in [6, 6.07) is 11.9. The van der Waals surface area contributed by atoms with E-state index >= 15 is 0 Å². The van der Waals surface area contributed by atoms with Crippen molar-refractivity contribution in [3.8, 4) is 0 Å². The second kappa shape index (κ2) is 5.63. The number of rotatable bonds is 3. The summed E-state index contributed by atoms with van der Waals surface area (Å²) in [4.78, 5) is 12.0. The highest BCUT2D eigenvalue weighted by atomic mass is 19.1. The summed E-state index contributed by atoms with van der Waals surface area (Å²) in [7, 11) is 0. The first-order valence-electron chi connectivity index (χ1n) is 5.97. The van der Waals surface area contributed by atoms with Crippen molar-refractivity contribution in [2.24, 2.45) is 5.73 Å². The molecule has 0 unspecified atom stereocenters. The van der Waals surface area contributed by atoms with E-state index in [0.717, 1.165) is 5.56 Å². The van der Waals surface area contributed by atoms with Gasteiger partial charge in [0.15, 0.2) is 0 Å². The Morgan fingerprint density at radius 2 is 2.00 bits per heavy atom. The zero-order valence-corrected chi connectivity index (χ0v) is 10.6. The fourth-order valence-corrected chi connectivity index (χ4v) is 1.80. The van der Waals surface area contributed by atoms with Crippen molar-refractivity contribution >= 4 is 11.6 Å². The van der Waals surface area contributed by atoms with Gasteiger partial charge in [0, 0.05) is 12.2 Å². The van der Waals surface area contributed by atoms with Crippen LogP contribution in [0.4, 0.5) is 10.1 Å². The number of anilines is 1. The molecule has 2 rings (SSSR count). The number of carbonyl (C=O) groups excluding carboxylic acids is 1. The van der Waals surface area contributed by atoms with Crippen molar-refractivity contribution in [2.45, 2.75) is 13.5 Å². The van der Waals surface area contributed by atoms with Gasteiger partial charge in [-0.15, -0.1) is 0 Å². The van der Waals surface area contributed by atoms with Crippen molar-refractivity contribution < 1.29 is 9.18 Å². The average Bonchev–Trinajstić information content (AvgIpc) is 2.42. The fourth-order valence-electron chi connectivity index (χ4n) is 1.80. The van der Waals surface area contributed by atoms with E-state index < -0.39 is 11.7 Å². The lowest BCUT2D eigenvalue weighted by atomic mass is 10.1. The van der Waals surface area contributed by atoms with E-state index in [9.17, 15) is 9.18 Å².